The number of nitrogens with one attached hydrogen (secondary N) is 2. The summed E-state index contributed by atoms with van der Waals surface area (Å²) < 4.78 is 0. The van der Waals surface area contributed by atoms with Gasteiger partial charge >= 0.3 is 0 Å². The molecule has 10 rings (SSSR count). The zero-order valence-corrected chi connectivity index (χ0v) is 75.6. The van der Waals surface area contributed by atoms with Crippen molar-refractivity contribution in [3.63, 3.8) is 0 Å². The summed E-state index contributed by atoms with van der Waals surface area (Å²) in [5, 5.41) is 26.3. The lowest BCUT2D eigenvalue weighted by atomic mass is 9.83. The summed E-state index contributed by atoms with van der Waals surface area (Å²) in [6.07, 6.45) is 34.4. The average Bonchev–Trinajstić information content (AvgIpc) is 1.18. The van der Waals surface area contributed by atoms with E-state index in [2.05, 4.69) is 240 Å². The highest BCUT2D eigenvalue weighted by Crippen LogP contribution is 2.43. The molecule has 106 heavy (non-hydrogen) atoms. The molecular formula is C88H188N16O2. The molecule has 18 heteroatoms. The molecule has 0 amide bonds. The van der Waals surface area contributed by atoms with E-state index in [1.807, 2.05) is 0 Å². The predicted octanol–water partition coefficient (Wildman–Crippen LogP) is 12.7. The summed E-state index contributed by atoms with van der Waals surface area (Å²) in [6, 6.07) is 4.78. The van der Waals surface area contributed by atoms with Crippen molar-refractivity contribution in [2.24, 2.45) is 22.9 Å². The topological polar surface area (TPSA) is 201 Å². The summed E-state index contributed by atoms with van der Waals surface area (Å²) in [5.74, 6) is 0. The van der Waals surface area contributed by atoms with E-state index in [0.29, 0.717) is 64.4 Å². The SMILES string of the molecule is CC1(C)NCCC1N.CCC1(CC)C(N)CCN1C.CCC1(CC)C(N2CCCCC2)C(O)CN1C.CCCCCCC1CC(NC)C(C)(CCC)N1CC.CCN(C)C1CCN(CCO)C1(C)C.CCN1CCC(N)C1(CC)CC.CCN1CCC(N2CCCC2)C1(CC)CC.CN1CCC(N)C1(C)C. The first-order valence-electron chi connectivity index (χ1n) is 45.2. The number of hydrogen-bond acceptors (Lipinski definition) is 18. The number of hydrogen-bond donors (Lipinski definition) is 8. The minimum atomic E-state index is -0.169. The van der Waals surface area contributed by atoms with E-state index in [1.165, 1.54) is 200 Å². The van der Waals surface area contributed by atoms with E-state index in [0.717, 1.165) is 90.0 Å². The smallest absolute Gasteiger partial charge is 0.0840 e. The van der Waals surface area contributed by atoms with Crippen LogP contribution in [0.5, 0.6) is 0 Å². The van der Waals surface area contributed by atoms with E-state index >= 15 is 0 Å². The Morgan fingerprint density at radius 3 is 1.39 bits per heavy atom. The van der Waals surface area contributed by atoms with Crippen molar-refractivity contribution in [3.8, 4) is 0 Å². The lowest BCUT2D eigenvalue weighted by Gasteiger charge is -2.46. The van der Waals surface area contributed by atoms with Gasteiger partial charge in [0.05, 0.1) is 18.8 Å². The molecule has 0 saturated carbocycles. The number of rotatable bonds is 25. The quantitative estimate of drug-likeness (QED) is 0.0401. The standard InChI is InChI=1S/C17H36N2.C14H28N2O.C14H28N2.C11H24N2O.C10H22N2.C9H20N2.C7H16N2.C6H14N2/c1-6-9-10-11-12-15-14-16(18-5)17(4,13-7-2)19(15)8-3;1-4-14(5-2)13(12(17)11-15(14)3)16-9-7-6-8-10-16;1-4-14(5-2)13(9-12-16(14)6-3)15-10-7-8-11-15;1-5-12(4)10-6-7-13(8-9-14)11(10,2)3;1-4-10(5-2)9(11)7-8-12(10)6-3;1-4-9(5-2)8(10)6-7-11(9)3;1-7(2)6(8)4-5-9(7)3;1-6(2)5(7)3-4-8-6/h15-16,18H,6-14H2,1-5H3;12-13,17H,4-11H2,1-3H3;13H,4-12H2,1-3H3;10,14H,5-9H2,1-4H3;9H,4-8,11H2,1-3H3;8H,4-7,10H2,1-3H3;6H,4-5,8H2,1-3H3;5,8H,3-4,7H2,1-2H3. The molecule has 10 saturated heterocycles. The maximum absolute atomic E-state index is 10.4. The van der Waals surface area contributed by atoms with Crippen LogP contribution in [0.1, 0.15) is 319 Å². The molecule has 11 atom stereocenters. The molecule has 18 nitrogen and oxygen atoms in total. The van der Waals surface area contributed by atoms with Gasteiger partial charge in [-0.05, 0) is 291 Å². The van der Waals surface area contributed by atoms with Crippen molar-refractivity contribution in [2.75, 3.05) is 147 Å². The van der Waals surface area contributed by atoms with Crippen LogP contribution in [0.15, 0.2) is 0 Å². The molecule has 12 N–H and O–H groups in total. The number of β-amino-alcohol motifs (C(OH)–C–C–N with tert-alkyl or cyclic N) is 2. The van der Waals surface area contributed by atoms with Crippen LogP contribution in [0.4, 0.5) is 0 Å². The lowest BCUT2D eigenvalue weighted by Crippen LogP contribution is -2.58. The number of aliphatic hydroxyl groups is 2. The minimum Gasteiger partial charge on any atom is -0.395 e. The number of unbranched alkanes of at least 4 members (excludes halogenated alkanes) is 3. The summed E-state index contributed by atoms with van der Waals surface area (Å²) in [5.41, 5.74) is 26.1. The molecule has 0 aromatic rings. The predicted molar refractivity (Wildman–Crippen MR) is 462 cm³/mol. The van der Waals surface area contributed by atoms with Gasteiger partial charge in [0.25, 0.3) is 0 Å². The highest BCUT2D eigenvalue weighted by atomic mass is 16.3. The largest absolute Gasteiger partial charge is 0.395 e. The van der Waals surface area contributed by atoms with Gasteiger partial charge < -0.3 is 48.7 Å². The third kappa shape index (κ3) is 24.2. The normalized spacial score (nSPS) is 32.0. The molecule has 11 unspecified atom stereocenters. The number of nitrogens with zero attached hydrogens (tertiary/aromatic N) is 10. The minimum absolute atomic E-state index is 0.169. The molecule has 0 aliphatic carbocycles. The number of likely N-dealkylation sites (N-methyl/N-ethyl adjacent to an activating group) is 8. The van der Waals surface area contributed by atoms with Crippen molar-refractivity contribution in [1.82, 2.24) is 59.6 Å². The van der Waals surface area contributed by atoms with E-state index in [1.54, 1.807) is 0 Å². The molecule has 0 spiro atoms. The van der Waals surface area contributed by atoms with Crippen LogP contribution in [-0.4, -0.2) is 311 Å². The molecule has 0 aromatic carbocycles. The zero-order chi connectivity index (χ0) is 80.1. The van der Waals surface area contributed by atoms with Crippen molar-refractivity contribution < 1.29 is 10.2 Å². The van der Waals surface area contributed by atoms with Crippen LogP contribution in [0, 0.1) is 0 Å². The Kier molecular flexibility index (Phi) is 44.4. The van der Waals surface area contributed by atoms with Gasteiger partial charge in [-0.2, -0.15) is 0 Å². The number of likely N-dealkylation sites (tertiary alicyclic amines) is 9. The number of nitrogens with two attached hydrogens (primary N) is 4. The highest BCUT2D eigenvalue weighted by Gasteiger charge is 2.53. The van der Waals surface area contributed by atoms with Gasteiger partial charge in [0.2, 0.25) is 0 Å². The molecule has 0 radical (unpaired) electrons. The molecule has 10 heterocycles. The molecule has 10 aliphatic heterocycles. The van der Waals surface area contributed by atoms with Gasteiger partial charge in [0, 0.05) is 125 Å². The molecule has 10 fully saturated rings. The summed E-state index contributed by atoms with van der Waals surface area (Å²) in [6.45, 7) is 66.4. The van der Waals surface area contributed by atoms with Crippen LogP contribution >= 0.6 is 0 Å². The Bertz CT molecular complexity index is 2240. The van der Waals surface area contributed by atoms with E-state index in [9.17, 15) is 5.11 Å². The monoisotopic (exact) mass is 1500 g/mol. The van der Waals surface area contributed by atoms with Crippen LogP contribution in [-0.2, 0) is 0 Å². The van der Waals surface area contributed by atoms with Gasteiger partial charge in [0.15, 0.2) is 0 Å². The Morgan fingerprint density at radius 1 is 0.491 bits per heavy atom. The first-order valence-corrected chi connectivity index (χ1v) is 45.2. The summed E-state index contributed by atoms with van der Waals surface area (Å²) in [7, 11) is 10.8. The summed E-state index contributed by atoms with van der Waals surface area (Å²) >= 11 is 0. The third-order valence-electron chi connectivity index (χ3n) is 30.9. The fraction of sp³-hybridized carbons (Fsp3) is 1.00. The fourth-order valence-electron chi connectivity index (χ4n) is 22.6. The summed E-state index contributed by atoms with van der Waals surface area (Å²) in [4.78, 5) is 25.4. The Balaban J connectivity index is 0.000000318. The Morgan fingerprint density at radius 2 is 0.991 bits per heavy atom. The van der Waals surface area contributed by atoms with Gasteiger partial charge in [-0.15, -0.1) is 0 Å². The van der Waals surface area contributed by atoms with E-state index in [4.69, 9.17) is 28.0 Å². The molecule has 10 aliphatic rings. The second kappa shape index (κ2) is 47.3. The average molecular weight is 1500 g/mol. The van der Waals surface area contributed by atoms with Gasteiger partial charge in [0.1, 0.15) is 0 Å². The lowest BCUT2D eigenvalue weighted by molar-refractivity contribution is 0.0136. The first kappa shape index (κ1) is 99.5. The van der Waals surface area contributed by atoms with Gasteiger partial charge in [-0.1, -0.05) is 135 Å². The van der Waals surface area contributed by atoms with Gasteiger partial charge in [-0.25, -0.2) is 0 Å². The first-order chi connectivity index (χ1) is 50.2. The van der Waals surface area contributed by atoms with Crippen LogP contribution in [0.2, 0.25) is 0 Å². The Labute approximate surface area is 659 Å². The van der Waals surface area contributed by atoms with Crippen LogP contribution in [0.3, 0.4) is 0 Å². The van der Waals surface area contributed by atoms with Gasteiger partial charge in [-0.3, -0.25) is 44.1 Å². The highest BCUT2D eigenvalue weighted by molar-refractivity contribution is 5.11. The van der Waals surface area contributed by atoms with Crippen molar-refractivity contribution in [2.45, 2.75) is 424 Å². The van der Waals surface area contributed by atoms with Crippen molar-refractivity contribution in [1.29, 1.82) is 0 Å². The van der Waals surface area contributed by atoms with Crippen LogP contribution in [0.25, 0.3) is 0 Å². The van der Waals surface area contributed by atoms with Crippen molar-refractivity contribution in [3.05, 3.63) is 0 Å². The van der Waals surface area contributed by atoms with E-state index in [-0.39, 0.29) is 34.9 Å². The third-order valence-corrected chi connectivity index (χ3v) is 30.9. The maximum Gasteiger partial charge on any atom is 0.0840 e. The Hall–Kier alpha value is -0.720. The van der Waals surface area contributed by atoms with Crippen molar-refractivity contribution >= 4 is 0 Å². The van der Waals surface area contributed by atoms with Crippen LogP contribution < -0.4 is 33.6 Å². The maximum atomic E-state index is 10.4. The molecule has 0 aromatic heterocycles. The fourth-order valence-corrected chi connectivity index (χ4v) is 22.6. The number of aliphatic hydroxyl groups excluding tert-OH is 2. The molecular weight excluding hydrogens is 1310 g/mol. The van der Waals surface area contributed by atoms with E-state index < -0.39 is 0 Å². The molecule has 0 bridgehead atoms. The molecule has 632 valence electrons. The second-order valence-corrected chi connectivity index (χ2v) is 36.4. The number of piperidine rings is 1. The second-order valence-electron chi connectivity index (χ2n) is 36.4. The zero-order valence-electron chi connectivity index (χ0n) is 75.6.